The maximum absolute atomic E-state index is 11.9. The van der Waals surface area contributed by atoms with Gasteiger partial charge in [-0.1, -0.05) is 41.9 Å². The van der Waals surface area contributed by atoms with Gasteiger partial charge < -0.3 is 11.1 Å². The van der Waals surface area contributed by atoms with Crippen LogP contribution >= 0.6 is 15.9 Å². The number of hydrogen-bond donors (Lipinski definition) is 2. The molecule has 0 saturated carbocycles. The fraction of sp³-hybridized carbons (Fsp3) is 0.562. The highest BCUT2D eigenvalue weighted by molar-refractivity contribution is 9.10. The summed E-state index contributed by atoms with van der Waals surface area (Å²) in [5, 5.41) is 2.91. The van der Waals surface area contributed by atoms with E-state index in [1.165, 1.54) is 0 Å². The molecule has 4 nitrogen and oxygen atoms in total. The largest absolute Gasteiger partial charge is 0.355 e. The summed E-state index contributed by atoms with van der Waals surface area (Å²) in [6.07, 6.45) is 1.80. The number of carbonyl (C=O) groups is 1. The zero-order valence-corrected chi connectivity index (χ0v) is 14.7. The van der Waals surface area contributed by atoms with Crippen molar-refractivity contribution in [3.05, 3.63) is 34.3 Å². The Hall–Kier alpha value is -0.910. The van der Waals surface area contributed by atoms with Gasteiger partial charge in [0.15, 0.2) is 0 Å². The third kappa shape index (κ3) is 5.77. The lowest BCUT2D eigenvalue weighted by Crippen LogP contribution is -2.43. The summed E-state index contributed by atoms with van der Waals surface area (Å²) in [5.74, 6) is 0.0441. The van der Waals surface area contributed by atoms with Crippen molar-refractivity contribution in [1.29, 1.82) is 0 Å². The van der Waals surface area contributed by atoms with Crippen molar-refractivity contribution in [2.75, 3.05) is 20.1 Å². The predicted molar refractivity (Wildman–Crippen MR) is 91.1 cm³/mol. The zero-order valence-electron chi connectivity index (χ0n) is 13.1. The molecule has 2 atom stereocenters. The first-order valence-electron chi connectivity index (χ1n) is 7.47. The van der Waals surface area contributed by atoms with Crippen LogP contribution in [0.2, 0.25) is 0 Å². The molecule has 0 fully saturated rings. The van der Waals surface area contributed by atoms with Gasteiger partial charge in [0, 0.05) is 17.1 Å². The average molecular weight is 356 g/mol. The van der Waals surface area contributed by atoms with Crippen molar-refractivity contribution in [1.82, 2.24) is 10.2 Å². The maximum atomic E-state index is 11.9. The van der Waals surface area contributed by atoms with E-state index < -0.39 is 0 Å². The number of amides is 1. The minimum atomic E-state index is -0.0109. The van der Waals surface area contributed by atoms with E-state index in [1.807, 2.05) is 31.0 Å². The van der Waals surface area contributed by atoms with Gasteiger partial charge in [-0.2, -0.15) is 0 Å². The van der Waals surface area contributed by atoms with Crippen LogP contribution in [-0.2, 0) is 4.79 Å². The van der Waals surface area contributed by atoms with Gasteiger partial charge in [-0.25, -0.2) is 0 Å². The first kappa shape index (κ1) is 18.1. The Morgan fingerprint density at radius 2 is 2.14 bits per heavy atom. The van der Waals surface area contributed by atoms with Crippen LogP contribution in [0.5, 0.6) is 0 Å². The molecule has 0 bridgehead atoms. The van der Waals surface area contributed by atoms with E-state index in [2.05, 4.69) is 40.3 Å². The highest BCUT2D eigenvalue weighted by Gasteiger charge is 2.24. The van der Waals surface area contributed by atoms with E-state index in [-0.39, 0.29) is 18.0 Å². The predicted octanol–water partition coefficient (Wildman–Crippen LogP) is 2.69. The fourth-order valence-corrected chi connectivity index (χ4v) is 2.80. The summed E-state index contributed by atoms with van der Waals surface area (Å²) in [6.45, 7) is 5.18. The highest BCUT2D eigenvalue weighted by atomic mass is 79.9. The molecule has 1 rings (SSSR count). The molecule has 0 aliphatic carbocycles. The van der Waals surface area contributed by atoms with E-state index in [0.717, 1.165) is 22.9 Å². The van der Waals surface area contributed by atoms with Gasteiger partial charge in [-0.05, 0) is 37.6 Å². The number of halogens is 1. The van der Waals surface area contributed by atoms with Gasteiger partial charge in [0.2, 0.25) is 5.91 Å². The third-order valence-electron chi connectivity index (χ3n) is 3.51. The number of benzene rings is 1. The van der Waals surface area contributed by atoms with E-state index in [9.17, 15) is 4.79 Å². The molecule has 0 spiro atoms. The Labute approximate surface area is 136 Å². The maximum Gasteiger partial charge on any atom is 0.234 e. The molecule has 0 radical (unpaired) electrons. The minimum Gasteiger partial charge on any atom is -0.355 e. The SMILES string of the molecule is CCCNC(=O)CN(C)C(c1cccc(Br)c1)C(N)CC. The smallest absolute Gasteiger partial charge is 0.234 e. The zero-order chi connectivity index (χ0) is 15.8. The Balaban J connectivity index is 2.85. The fourth-order valence-electron chi connectivity index (χ4n) is 2.39. The van der Waals surface area contributed by atoms with Crippen molar-refractivity contribution in [2.24, 2.45) is 5.73 Å². The Bertz CT molecular complexity index is 453. The summed E-state index contributed by atoms with van der Waals surface area (Å²) in [5.41, 5.74) is 7.42. The van der Waals surface area contributed by atoms with Gasteiger partial charge in [-0.3, -0.25) is 9.69 Å². The number of carbonyl (C=O) groups excluding carboxylic acids is 1. The van der Waals surface area contributed by atoms with Crippen LogP contribution in [0.4, 0.5) is 0 Å². The Morgan fingerprint density at radius 1 is 1.43 bits per heavy atom. The summed E-state index contributed by atoms with van der Waals surface area (Å²) in [4.78, 5) is 14.0. The van der Waals surface area contributed by atoms with E-state index >= 15 is 0 Å². The van der Waals surface area contributed by atoms with Gasteiger partial charge in [0.1, 0.15) is 0 Å². The van der Waals surface area contributed by atoms with Crippen molar-refractivity contribution in [3.63, 3.8) is 0 Å². The second-order valence-electron chi connectivity index (χ2n) is 5.34. The Morgan fingerprint density at radius 3 is 2.71 bits per heavy atom. The monoisotopic (exact) mass is 355 g/mol. The van der Waals surface area contributed by atoms with Crippen molar-refractivity contribution in [2.45, 2.75) is 38.8 Å². The number of nitrogens with two attached hydrogens (primary N) is 1. The quantitative estimate of drug-likeness (QED) is 0.753. The molecule has 0 aliphatic rings. The van der Waals surface area contributed by atoms with Crippen molar-refractivity contribution >= 4 is 21.8 Å². The molecule has 0 aliphatic heterocycles. The first-order valence-corrected chi connectivity index (χ1v) is 8.26. The van der Waals surface area contributed by atoms with E-state index in [1.54, 1.807) is 0 Å². The lowest BCUT2D eigenvalue weighted by atomic mass is 9.96. The molecule has 0 saturated heterocycles. The second-order valence-corrected chi connectivity index (χ2v) is 6.25. The van der Waals surface area contributed by atoms with Crippen molar-refractivity contribution < 1.29 is 4.79 Å². The van der Waals surface area contributed by atoms with Crippen LogP contribution in [-0.4, -0.2) is 37.0 Å². The molecular formula is C16H26BrN3O. The number of hydrogen-bond acceptors (Lipinski definition) is 3. The van der Waals surface area contributed by atoms with Crippen LogP contribution in [0.3, 0.4) is 0 Å². The van der Waals surface area contributed by atoms with Crippen LogP contribution in [0, 0.1) is 0 Å². The molecular weight excluding hydrogens is 330 g/mol. The topological polar surface area (TPSA) is 58.4 Å². The van der Waals surface area contributed by atoms with Crippen LogP contribution < -0.4 is 11.1 Å². The second kappa shape index (κ2) is 9.18. The molecule has 5 heteroatoms. The third-order valence-corrected chi connectivity index (χ3v) is 4.00. The lowest BCUT2D eigenvalue weighted by Gasteiger charge is -2.32. The van der Waals surface area contributed by atoms with Crippen molar-refractivity contribution in [3.8, 4) is 0 Å². The number of nitrogens with zero attached hydrogens (tertiary/aromatic N) is 1. The summed E-state index contributed by atoms with van der Waals surface area (Å²) < 4.78 is 1.03. The number of rotatable bonds is 8. The minimum absolute atomic E-state index is 0.0109. The molecule has 118 valence electrons. The van der Waals surface area contributed by atoms with Crippen LogP contribution in [0.15, 0.2) is 28.7 Å². The standard InChI is InChI=1S/C16H26BrN3O/c1-4-9-19-15(21)11-20(3)16(14(18)5-2)12-7-6-8-13(17)10-12/h6-8,10,14,16H,4-5,9,11,18H2,1-3H3,(H,19,21). The highest BCUT2D eigenvalue weighted by Crippen LogP contribution is 2.26. The number of likely N-dealkylation sites (N-methyl/N-ethyl adjacent to an activating group) is 1. The van der Waals surface area contributed by atoms with Crippen LogP contribution in [0.1, 0.15) is 38.3 Å². The molecule has 0 aromatic heterocycles. The molecule has 21 heavy (non-hydrogen) atoms. The molecule has 1 amide bonds. The Kier molecular flexibility index (Phi) is 7.93. The summed E-state index contributed by atoms with van der Waals surface area (Å²) >= 11 is 3.50. The normalized spacial score (nSPS) is 14.0. The number of nitrogens with one attached hydrogen (secondary N) is 1. The van der Waals surface area contributed by atoms with E-state index in [0.29, 0.717) is 13.1 Å². The molecule has 1 aromatic carbocycles. The molecule has 2 unspecified atom stereocenters. The summed E-state index contributed by atoms with van der Waals surface area (Å²) in [6, 6.07) is 8.14. The summed E-state index contributed by atoms with van der Waals surface area (Å²) in [7, 11) is 1.95. The van der Waals surface area contributed by atoms with Gasteiger partial charge in [0.25, 0.3) is 0 Å². The molecule has 1 aromatic rings. The molecule has 3 N–H and O–H groups in total. The lowest BCUT2D eigenvalue weighted by molar-refractivity contribution is -0.122. The van der Waals surface area contributed by atoms with Gasteiger partial charge in [0.05, 0.1) is 12.6 Å². The van der Waals surface area contributed by atoms with E-state index in [4.69, 9.17) is 5.73 Å². The average Bonchev–Trinajstić information content (AvgIpc) is 2.45. The first-order chi connectivity index (χ1) is 9.99. The molecule has 0 heterocycles. The van der Waals surface area contributed by atoms with Crippen LogP contribution in [0.25, 0.3) is 0 Å². The van der Waals surface area contributed by atoms with Gasteiger partial charge in [-0.15, -0.1) is 0 Å². The van der Waals surface area contributed by atoms with Gasteiger partial charge >= 0.3 is 0 Å².